The molecule has 0 radical (unpaired) electrons. The summed E-state index contributed by atoms with van der Waals surface area (Å²) >= 11 is 0. The number of aromatic nitrogens is 2. The smallest absolute Gasteiger partial charge is 0.221 e. The van der Waals surface area contributed by atoms with Gasteiger partial charge in [0.15, 0.2) is 0 Å². The van der Waals surface area contributed by atoms with Gasteiger partial charge in [-0.05, 0) is 61.7 Å². The van der Waals surface area contributed by atoms with Crippen LogP contribution in [0.15, 0.2) is 65.9 Å². The summed E-state index contributed by atoms with van der Waals surface area (Å²) in [7, 11) is -3.18. The first kappa shape index (κ1) is 23.0. The van der Waals surface area contributed by atoms with Crippen LogP contribution in [0.4, 0.5) is 0 Å². The Morgan fingerprint density at radius 3 is 2.70 bits per heavy atom. The Morgan fingerprint density at radius 2 is 2.03 bits per heavy atom. The molecule has 1 aromatic carbocycles. The molecule has 8 nitrogen and oxygen atoms in total. The highest BCUT2D eigenvalue weighted by atomic mass is 32.2. The first-order valence-electron chi connectivity index (χ1n) is 11.0. The van der Waals surface area contributed by atoms with Crippen molar-refractivity contribution in [3.8, 4) is 5.88 Å². The van der Waals surface area contributed by atoms with Crippen LogP contribution in [0.5, 0.6) is 5.88 Å². The quantitative estimate of drug-likeness (QED) is 0.517. The van der Waals surface area contributed by atoms with Crippen molar-refractivity contribution in [2.24, 2.45) is 10.7 Å². The van der Waals surface area contributed by atoms with Gasteiger partial charge in [-0.25, -0.2) is 17.7 Å². The van der Waals surface area contributed by atoms with Crippen LogP contribution >= 0.6 is 0 Å². The number of pyridine rings is 1. The number of nitrogens with zero attached hydrogens (tertiary/aromatic N) is 3. The van der Waals surface area contributed by atoms with Crippen LogP contribution in [0.1, 0.15) is 37.2 Å². The van der Waals surface area contributed by atoms with E-state index in [4.69, 9.17) is 20.4 Å². The van der Waals surface area contributed by atoms with Gasteiger partial charge in [0, 0.05) is 24.7 Å². The molecule has 9 heteroatoms. The summed E-state index contributed by atoms with van der Waals surface area (Å²) in [5.41, 5.74) is 8.03. The molecule has 0 bridgehead atoms. The largest absolute Gasteiger partial charge is 0.474 e. The van der Waals surface area contributed by atoms with Gasteiger partial charge >= 0.3 is 0 Å². The van der Waals surface area contributed by atoms with E-state index in [1.807, 2.05) is 55.6 Å². The molecule has 3 heterocycles. The van der Waals surface area contributed by atoms with E-state index in [0.29, 0.717) is 31.8 Å². The van der Waals surface area contributed by atoms with Gasteiger partial charge in [-0.3, -0.25) is 4.99 Å². The lowest BCUT2D eigenvalue weighted by atomic mass is 10.1. The van der Waals surface area contributed by atoms with Crippen LogP contribution in [0.25, 0.3) is 10.8 Å². The number of hydrogen-bond acceptors (Lipinski definition) is 6. The second-order valence-electron chi connectivity index (χ2n) is 8.19. The maximum Gasteiger partial charge on any atom is 0.221 e. The third-order valence-corrected chi connectivity index (χ3v) is 7.07. The average molecular weight is 468 g/mol. The molecule has 3 aromatic rings. The molecule has 33 heavy (non-hydrogen) atoms. The van der Waals surface area contributed by atoms with Gasteiger partial charge in [0.2, 0.25) is 15.9 Å². The minimum Gasteiger partial charge on any atom is -0.474 e. The number of hydrogen-bond donors (Lipinski definition) is 2. The Hall–Kier alpha value is -3.17. The number of benzene rings is 1. The van der Waals surface area contributed by atoms with Gasteiger partial charge < -0.3 is 15.5 Å². The van der Waals surface area contributed by atoms with Gasteiger partial charge in [-0.1, -0.05) is 18.2 Å². The Balaban J connectivity index is 1.62. The standard InChI is InChI=1S/C24H29N5O3S/c1-17(27-22(9-12-25)21-8-5-13-26-21)23-16-18-6-3-4-7-20(18)24(28-23)32-19-10-14-29(15-11-19)33(2,30)31/h3-9,12-13,16-17,19,26H,10-11,14-15,25H2,1-2H3. The van der Waals surface area contributed by atoms with Crippen molar-refractivity contribution in [2.45, 2.75) is 31.9 Å². The molecule has 0 saturated carbocycles. The van der Waals surface area contributed by atoms with E-state index in [0.717, 1.165) is 27.9 Å². The highest BCUT2D eigenvalue weighted by molar-refractivity contribution is 7.88. The summed E-state index contributed by atoms with van der Waals surface area (Å²) in [4.78, 5) is 12.8. The monoisotopic (exact) mass is 467 g/mol. The number of rotatable bonds is 7. The highest BCUT2D eigenvalue weighted by Gasteiger charge is 2.27. The zero-order chi connectivity index (χ0) is 23.4. The first-order chi connectivity index (χ1) is 15.8. The van der Waals surface area contributed by atoms with Crippen molar-refractivity contribution in [3.05, 3.63) is 72.3 Å². The maximum absolute atomic E-state index is 11.8. The molecule has 0 amide bonds. The zero-order valence-corrected chi connectivity index (χ0v) is 19.6. The number of sulfonamides is 1. The molecule has 3 N–H and O–H groups in total. The number of nitrogens with two attached hydrogens (primary N) is 1. The van der Waals surface area contributed by atoms with Gasteiger partial charge in [-0.15, -0.1) is 0 Å². The maximum atomic E-state index is 11.8. The molecule has 2 aromatic heterocycles. The highest BCUT2D eigenvalue weighted by Crippen LogP contribution is 2.30. The SMILES string of the molecule is CC(N=C(C=CN)c1ccc[nH]1)c1cc2ccccc2c(OC2CCN(S(C)(=O)=O)CC2)n1. The normalized spacial score (nSPS) is 17.6. The van der Waals surface area contributed by atoms with Crippen LogP contribution < -0.4 is 10.5 Å². The van der Waals surface area contributed by atoms with E-state index in [2.05, 4.69) is 4.98 Å². The molecule has 1 saturated heterocycles. The molecule has 1 aliphatic rings. The number of aromatic amines is 1. The van der Waals surface area contributed by atoms with Crippen molar-refractivity contribution < 1.29 is 13.2 Å². The summed E-state index contributed by atoms with van der Waals surface area (Å²) in [6.45, 7) is 2.89. The van der Waals surface area contributed by atoms with Crippen molar-refractivity contribution in [1.29, 1.82) is 0 Å². The molecular weight excluding hydrogens is 438 g/mol. The van der Waals surface area contributed by atoms with E-state index in [-0.39, 0.29) is 12.1 Å². The summed E-state index contributed by atoms with van der Waals surface area (Å²) in [5.74, 6) is 0.554. The summed E-state index contributed by atoms with van der Waals surface area (Å²) in [5, 5.41) is 1.94. The van der Waals surface area contributed by atoms with E-state index < -0.39 is 10.0 Å². The van der Waals surface area contributed by atoms with Crippen LogP contribution in [0, 0.1) is 0 Å². The van der Waals surface area contributed by atoms with Crippen LogP contribution in [-0.4, -0.2) is 53.9 Å². The number of piperidine rings is 1. The molecule has 1 unspecified atom stereocenters. The number of H-pyrrole nitrogens is 1. The first-order valence-corrected chi connectivity index (χ1v) is 12.8. The predicted octanol–water partition coefficient (Wildman–Crippen LogP) is 3.39. The van der Waals surface area contributed by atoms with Gasteiger partial charge in [0.1, 0.15) is 6.10 Å². The molecular formula is C24H29N5O3S. The fourth-order valence-corrected chi connectivity index (χ4v) is 4.86. The number of nitrogens with one attached hydrogen (secondary N) is 1. The van der Waals surface area contributed by atoms with Gasteiger partial charge in [0.25, 0.3) is 0 Å². The predicted molar refractivity (Wildman–Crippen MR) is 131 cm³/mol. The van der Waals surface area contributed by atoms with E-state index in [1.54, 1.807) is 6.08 Å². The Labute approximate surface area is 194 Å². The van der Waals surface area contributed by atoms with E-state index in [9.17, 15) is 8.42 Å². The Kier molecular flexibility index (Phi) is 6.80. The van der Waals surface area contributed by atoms with Gasteiger partial charge in [-0.2, -0.15) is 0 Å². The van der Waals surface area contributed by atoms with Gasteiger partial charge in [0.05, 0.1) is 29.4 Å². The molecule has 1 atom stereocenters. The number of fused-ring (bicyclic) bond motifs is 1. The van der Waals surface area contributed by atoms with Crippen LogP contribution in [-0.2, 0) is 10.0 Å². The van der Waals surface area contributed by atoms with Crippen molar-refractivity contribution in [3.63, 3.8) is 0 Å². The number of allylic oxidation sites excluding steroid dienone is 1. The number of aliphatic imine (C=N–C) groups is 1. The average Bonchev–Trinajstić information content (AvgIpc) is 3.33. The van der Waals surface area contributed by atoms with Crippen molar-refractivity contribution >= 4 is 26.5 Å². The second kappa shape index (κ2) is 9.76. The summed E-state index contributed by atoms with van der Waals surface area (Å²) in [6.07, 6.45) is 7.47. The summed E-state index contributed by atoms with van der Waals surface area (Å²) in [6, 6.07) is 13.6. The zero-order valence-electron chi connectivity index (χ0n) is 18.8. The van der Waals surface area contributed by atoms with Crippen LogP contribution in [0.3, 0.4) is 0 Å². The Bertz CT molecular complexity index is 1260. The topological polar surface area (TPSA) is 114 Å². The lowest BCUT2D eigenvalue weighted by Gasteiger charge is -2.30. The van der Waals surface area contributed by atoms with E-state index in [1.165, 1.54) is 16.8 Å². The van der Waals surface area contributed by atoms with Crippen molar-refractivity contribution in [1.82, 2.24) is 14.3 Å². The second-order valence-corrected chi connectivity index (χ2v) is 10.2. The number of ether oxygens (including phenoxy) is 1. The molecule has 0 aliphatic carbocycles. The Morgan fingerprint density at radius 1 is 1.27 bits per heavy atom. The third kappa shape index (κ3) is 5.43. The lowest BCUT2D eigenvalue weighted by molar-refractivity contribution is 0.131. The lowest BCUT2D eigenvalue weighted by Crippen LogP contribution is -2.41. The third-order valence-electron chi connectivity index (χ3n) is 5.76. The van der Waals surface area contributed by atoms with E-state index >= 15 is 0 Å². The molecule has 1 fully saturated rings. The minimum absolute atomic E-state index is 0.0948. The molecule has 1 aliphatic heterocycles. The fraction of sp³-hybridized carbons (Fsp3) is 0.333. The van der Waals surface area contributed by atoms with Crippen LogP contribution in [0.2, 0.25) is 0 Å². The molecule has 4 rings (SSSR count). The fourth-order valence-electron chi connectivity index (χ4n) is 3.99. The summed E-state index contributed by atoms with van der Waals surface area (Å²) < 4.78 is 31.4. The minimum atomic E-state index is -3.18. The molecule has 174 valence electrons. The molecule has 0 spiro atoms. The van der Waals surface area contributed by atoms with Crippen molar-refractivity contribution in [2.75, 3.05) is 19.3 Å².